The number of ether oxygens (including phenoxy) is 2. The maximum absolute atomic E-state index is 12.4. The number of aromatic nitrogens is 1. The van der Waals surface area contributed by atoms with Crippen LogP contribution in [0.25, 0.3) is 11.3 Å². The highest BCUT2D eigenvalue weighted by Crippen LogP contribution is 2.33. The number of carbonyl (C=O) groups excluding carboxylic acids is 1. The summed E-state index contributed by atoms with van der Waals surface area (Å²) in [6.45, 7) is 0.183. The molecule has 24 heavy (non-hydrogen) atoms. The summed E-state index contributed by atoms with van der Waals surface area (Å²) in [5, 5.41) is 5.28. The third-order valence-corrected chi connectivity index (χ3v) is 4.73. The van der Waals surface area contributed by atoms with Crippen LogP contribution >= 0.6 is 27.3 Å². The Morgan fingerprint density at radius 1 is 1.17 bits per heavy atom. The van der Waals surface area contributed by atoms with Gasteiger partial charge in [-0.25, -0.2) is 4.98 Å². The van der Waals surface area contributed by atoms with Crippen molar-refractivity contribution >= 4 is 38.3 Å². The van der Waals surface area contributed by atoms with Gasteiger partial charge in [0.2, 0.25) is 6.79 Å². The lowest BCUT2D eigenvalue weighted by Gasteiger charge is -2.03. The van der Waals surface area contributed by atoms with Crippen LogP contribution in [0.2, 0.25) is 0 Å². The largest absolute Gasteiger partial charge is 0.454 e. The Morgan fingerprint density at radius 3 is 2.92 bits per heavy atom. The highest BCUT2D eigenvalue weighted by atomic mass is 79.9. The van der Waals surface area contributed by atoms with E-state index in [9.17, 15) is 4.79 Å². The minimum atomic E-state index is -0.233. The molecule has 2 aromatic carbocycles. The Bertz CT molecular complexity index is 926. The van der Waals surface area contributed by atoms with Crippen LogP contribution in [0.5, 0.6) is 11.5 Å². The predicted octanol–water partition coefficient (Wildman–Crippen LogP) is 4.55. The zero-order valence-electron chi connectivity index (χ0n) is 12.3. The summed E-state index contributed by atoms with van der Waals surface area (Å²) in [6.07, 6.45) is 0. The van der Waals surface area contributed by atoms with Crippen LogP contribution in [0.1, 0.15) is 10.4 Å². The van der Waals surface area contributed by atoms with Gasteiger partial charge >= 0.3 is 0 Å². The summed E-state index contributed by atoms with van der Waals surface area (Å²) in [5.74, 6) is 0.998. The summed E-state index contributed by atoms with van der Waals surface area (Å²) in [5.41, 5.74) is 2.31. The second-order valence-corrected chi connectivity index (χ2v) is 6.84. The number of fused-ring (bicyclic) bond motifs is 1. The summed E-state index contributed by atoms with van der Waals surface area (Å²) in [6, 6.07) is 13.0. The van der Waals surface area contributed by atoms with Gasteiger partial charge in [-0.1, -0.05) is 28.1 Å². The summed E-state index contributed by atoms with van der Waals surface area (Å²) >= 11 is 4.83. The topological polar surface area (TPSA) is 60.5 Å². The van der Waals surface area contributed by atoms with Gasteiger partial charge in [0.1, 0.15) is 0 Å². The fourth-order valence-electron chi connectivity index (χ4n) is 2.32. The molecular formula is C17H11BrN2O3S. The van der Waals surface area contributed by atoms with Crippen LogP contribution in [0.15, 0.2) is 52.3 Å². The van der Waals surface area contributed by atoms with E-state index in [1.54, 1.807) is 18.2 Å². The number of halogens is 1. The van der Waals surface area contributed by atoms with Crippen LogP contribution < -0.4 is 14.8 Å². The molecule has 0 spiro atoms. The lowest BCUT2D eigenvalue weighted by atomic mass is 10.2. The van der Waals surface area contributed by atoms with E-state index < -0.39 is 0 Å². The molecule has 0 radical (unpaired) electrons. The minimum Gasteiger partial charge on any atom is -0.454 e. The summed E-state index contributed by atoms with van der Waals surface area (Å²) in [7, 11) is 0. The van der Waals surface area contributed by atoms with E-state index in [4.69, 9.17) is 9.47 Å². The van der Waals surface area contributed by atoms with Gasteiger partial charge in [0.15, 0.2) is 16.6 Å². The van der Waals surface area contributed by atoms with Crippen molar-refractivity contribution in [3.63, 3.8) is 0 Å². The molecule has 0 bridgehead atoms. The fourth-order valence-corrected chi connectivity index (χ4v) is 3.43. The molecule has 5 nitrogen and oxygen atoms in total. The van der Waals surface area contributed by atoms with Crippen molar-refractivity contribution in [3.05, 3.63) is 57.9 Å². The van der Waals surface area contributed by atoms with Crippen molar-refractivity contribution in [2.45, 2.75) is 0 Å². The van der Waals surface area contributed by atoms with Crippen LogP contribution in [0.4, 0.5) is 5.13 Å². The molecule has 1 amide bonds. The Balaban J connectivity index is 1.52. The Labute approximate surface area is 150 Å². The molecule has 1 aliphatic rings. The van der Waals surface area contributed by atoms with Crippen molar-refractivity contribution in [1.82, 2.24) is 4.98 Å². The maximum atomic E-state index is 12.4. The third kappa shape index (κ3) is 3.00. The molecular weight excluding hydrogens is 392 g/mol. The SMILES string of the molecule is O=C(Nc1nc(-c2cccc(Br)c2)cs1)c1ccc2c(c1)OCO2. The molecule has 0 saturated carbocycles. The molecule has 1 aromatic heterocycles. The first-order chi connectivity index (χ1) is 11.7. The highest BCUT2D eigenvalue weighted by Gasteiger charge is 2.17. The number of carbonyl (C=O) groups is 1. The molecule has 0 fully saturated rings. The number of thiazole rings is 1. The standard InChI is InChI=1S/C17H11BrN2O3S/c18-12-3-1-2-10(6-12)13-8-24-17(19-13)20-16(21)11-4-5-14-15(7-11)23-9-22-14/h1-8H,9H2,(H,19,20,21). The fraction of sp³-hybridized carbons (Fsp3) is 0.0588. The Hall–Kier alpha value is -2.38. The van der Waals surface area contributed by atoms with Gasteiger partial charge in [0.05, 0.1) is 5.69 Å². The predicted molar refractivity (Wildman–Crippen MR) is 95.8 cm³/mol. The zero-order valence-corrected chi connectivity index (χ0v) is 14.7. The molecule has 0 saturated heterocycles. The molecule has 2 heterocycles. The molecule has 3 aromatic rings. The number of anilines is 1. The van der Waals surface area contributed by atoms with Crippen molar-refractivity contribution in [2.24, 2.45) is 0 Å². The monoisotopic (exact) mass is 402 g/mol. The zero-order chi connectivity index (χ0) is 16.5. The minimum absolute atomic E-state index is 0.183. The lowest BCUT2D eigenvalue weighted by Crippen LogP contribution is -2.11. The second-order valence-electron chi connectivity index (χ2n) is 5.07. The van der Waals surface area contributed by atoms with Crippen LogP contribution in [0, 0.1) is 0 Å². The number of nitrogens with one attached hydrogen (secondary N) is 1. The number of amides is 1. The van der Waals surface area contributed by atoms with E-state index in [0.717, 1.165) is 15.7 Å². The number of nitrogens with zero attached hydrogens (tertiary/aromatic N) is 1. The molecule has 1 N–H and O–H groups in total. The third-order valence-electron chi connectivity index (χ3n) is 3.48. The van der Waals surface area contributed by atoms with Crippen molar-refractivity contribution in [1.29, 1.82) is 0 Å². The number of benzene rings is 2. The van der Waals surface area contributed by atoms with Crippen LogP contribution in [0.3, 0.4) is 0 Å². The van der Waals surface area contributed by atoms with E-state index in [2.05, 4.69) is 26.2 Å². The van der Waals surface area contributed by atoms with Crippen molar-refractivity contribution in [3.8, 4) is 22.8 Å². The van der Waals surface area contributed by atoms with E-state index in [-0.39, 0.29) is 12.7 Å². The molecule has 4 rings (SSSR count). The Kier molecular flexibility index (Phi) is 3.95. The van der Waals surface area contributed by atoms with Crippen LogP contribution in [-0.2, 0) is 0 Å². The number of rotatable bonds is 3. The van der Waals surface area contributed by atoms with Gasteiger partial charge in [0, 0.05) is 21.0 Å². The second kappa shape index (κ2) is 6.26. The molecule has 0 unspecified atom stereocenters. The summed E-state index contributed by atoms with van der Waals surface area (Å²) in [4.78, 5) is 16.8. The van der Waals surface area contributed by atoms with E-state index in [1.807, 2.05) is 29.6 Å². The van der Waals surface area contributed by atoms with Gasteiger partial charge in [-0.05, 0) is 30.3 Å². The quantitative estimate of drug-likeness (QED) is 0.697. The van der Waals surface area contributed by atoms with Gasteiger partial charge in [-0.2, -0.15) is 0 Å². The summed E-state index contributed by atoms with van der Waals surface area (Å²) < 4.78 is 11.5. The molecule has 1 aliphatic heterocycles. The molecule has 0 atom stereocenters. The molecule has 7 heteroatoms. The van der Waals surface area contributed by atoms with Crippen molar-refractivity contribution in [2.75, 3.05) is 12.1 Å². The first-order valence-electron chi connectivity index (χ1n) is 7.11. The number of hydrogen-bond donors (Lipinski definition) is 1. The lowest BCUT2D eigenvalue weighted by molar-refractivity contribution is 0.102. The first kappa shape index (κ1) is 15.2. The average molecular weight is 403 g/mol. The van der Waals surface area contributed by atoms with Gasteiger partial charge in [-0.15, -0.1) is 11.3 Å². The van der Waals surface area contributed by atoms with E-state index in [1.165, 1.54) is 11.3 Å². The Morgan fingerprint density at radius 2 is 2.04 bits per heavy atom. The van der Waals surface area contributed by atoms with E-state index >= 15 is 0 Å². The first-order valence-corrected chi connectivity index (χ1v) is 8.79. The number of hydrogen-bond acceptors (Lipinski definition) is 5. The highest BCUT2D eigenvalue weighted by molar-refractivity contribution is 9.10. The van der Waals surface area contributed by atoms with E-state index in [0.29, 0.717) is 22.2 Å². The van der Waals surface area contributed by atoms with Gasteiger partial charge in [0.25, 0.3) is 5.91 Å². The normalized spacial score (nSPS) is 12.2. The van der Waals surface area contributed by atoms with Gasteiger partial charge < -0.3 is 9.47 Å². The molecule has 120 valence electrons. The maximum Gasteiger partial charge on any atom is 0.257 e. The van der Waals surface area contributed by atoms with Crippen molar-refractivity contribution < 1.29 is 14.3 Å². The smallest absolute Gasteiger partial charge is 0.257 e. The van der Waals surface area contributed by atoms with Gasteiger partial charge in [-0.3, -0.25) is 10.1 Å². The average Bonchev–Trinajstić information content (AvgIpc) is 3.23. The molecule has 0 aliphatic carbocycles. The van der Waals surface area contributed by atoms with Crippen LogP contribution in [-0.4, -0.2) is 17.7 Å².